The Morgan fingerprint density at radius 1 is 1.25 bits per heavy atom. The number of para-hydroxylation sites is 1. The summed E-state index contributed by atoms with van der Waals surface area (Å²) < 4.78 is 0. The number of piperazine rings is 1. The number of benzene rings is 1. The standard InChI is InChI=1S/C15H24N4O/c1-13(12-17-15(20)11-16)18-7-9-19(10-8-18)14-5-3-2-4-6-14/h2-6,13H,7-12,16H2,1H3,(H,17,20). The van der Waals surface area contributed by atoms with E-state index in [0.717, 1.165) is 26.2 Å². The molecule has 1 fully saturated rings. The highest BCUT2D eigenvalue weighted by atomic mass is 16.1. The number of rotatable bonds is 5. The minimum absolute atomic E-state index is 0.0640. The molecule has 0 spiro atoms. The van der Waals surface area contributed by atoms with Crippen molar-refractivity contribution in [2.75, 3.05) is 44.2 Å². The number of anilines is 1. The first kappa shape index (κ1) is 14.8. The van der Waals surface area contributed by atoms with Crippen molar-refractivity contribution in [3.8, 4) is 0 Å². The molecule has 0 bridgehead atoms. The van der Waals surface area contributed by atoms with Gasteiger partial charge in [0.15, 0.2) is 0 Å². The maximum Gasteiger partial charge on any atom is 0.233 e. The minimum Gasteiger partial charge on any atom is -0.369 e. The first-order valence-electron chi connectivity index (χ1n) is 7.21. The van der Waals surface area contributed by atoms with Crippen LogP contribution in [0.15, 0.2) is 30.3 Å². The third kappa shape index (κ3) is 3.95. The predicted octanol–water partition coefficient (Wildman–Crippen LogP) is 0.272. The van der Waals surface area contributed by atoms with Gasteiger partial charge in [0.25, 0.3) is 0 Å². The molecule has 1 amide bonds. The van der Waals surface area contributed by atoms with Gasteiger partial charge in [-0.2, -0.15) is 0 Å². The summed E-state index contributed by atoms with van der Waals surface area (Å²) in [5.41, 5.74) is 6.58. The highest BCUT2D eigenvalue weighted by Crippen LogP contribution is 2.16. The fourth-order valence-corrected chi connectivity index (χ4v) is 2.52. The highest BCUT2D eigenvalue weighted by molar-refractivity contribution is 5.77. The van der Waals surface area contributed by atoms with Crippen LogP contribution in [0.2, 0.25) is 0 Å². The van der Waals surface area contributed by atoms with E-state index in [1.165, 1.54) is 5.69 Å². The number of hydrogen-bond donors (Lipinski definition) is 2. The quantitative estimate of drug-likeness (QED) is 0.810. The van der Waals surface area contributed by atoms with Gasteiger partial charge < -0.3 is 16.0 Å². The molecule has 1 aliphatic rings. The molecule has 20 heavy (non-hydrogen) atoms. The second-order valence-electron chi connectivity index (χ2n) is 5.22. The van der Waals surface area contributed by atoms with E-state index in [2.05, 4.69) is 46.3 Å². The van der Waals surface area contributed by atoms with Crippen molar-refractivity contribution in [3.63, 3.8) is 0 Å². The van der Waals surface area contributed by atoms with Crippen molar-refractivity contribution in [1.29, 1.82) is 0 Å². The lowest BCUT2D eigenvalue weighted by atomic mass is 10.2. The third-order valence-corrected chi connectivity index (χ3v) is 3.84. The molecular weight excluding hydrogens is 252 g/mol. The molecule has 1 unspecified atom stereocenters. The van der Waals surface area contributed by atoms with Crippen LogP contribution < -0.4 is 16.0 Å². The molecular formula is C15H24N4O. The van der Waals surface area contributed by atoms with Crippen LogP contribution >= 0.6 is 0 Å². The van der Waals surface area contributed by atoms with Crippen LogP contribution in [-0.2, 0) is 4.79 Å². The number of nitrogens with two attached hydrogens (primary N) is 1. The van der Waals surface area contributed by atoms with E-state index in [9.17, 15) is 4.79 Å². The van der Waals surface area contributed by atoms with Crippen molar-refractivity contribution in [2.45, 2.75) is 13.0 Å². The van der Waals surface area contributed by atoms with Gasteiger partial charge in [0.2, 0.25) is 5.91 Å². The Kier molecular flexibility index (Phi) is 5.38. The van der Waals surface area contributed by atoms with Crippen LogP contribution in [0.25, 0.3) is 0 Å². The first-order valence-corrected chi connectivity index (χ1v) is 7.21. The normalized spacial score (nSPS) is 17.8. The Morgan fingerprint density at radius 3 is 2.50 bits per heavy atom. The Labute approximate surface area is 120 Å². The van der Waals surface area contributed by atoms with Crippen LogP contribution in [0.5, 0.6) is 0 Å². The molecule has 110 valence electrons. The van der Waals surface area contributed by atoms with Crippen molar-refractivity contribution < 1.29 is 4.79 Å². The topological polar surface area (TPSA) is 61.6 Å². The van der Waals surface area contributed by atoms with E-state index in [-0.39, 0.29) is 12.5 Å². The van der Waals surface area contributed by atoms with Gasteiger partial charge in [0, 0.05) is 44.5 Å². The third-order valence-electron chi connectivity index (χ3n) is 3.84. The summed E-state index contributed by atoms with van der Waals surface area (Å²) in [5.74, 6) is -0.0835. The second kappa shape index (κ2) is 7.26. The first-order chi connectivity index (χ1) is 9.70. The number of carbonyl (C=O) groups is 1. The van der Waals surface area contributed by atoms with Crippen LogP contribution in [0.4, 0.5) is 5.69 Å². The molecule has 0 saturated carbocycles. The van der Waals surface area contributed by atoms with Gasteiger partial charge in [0.1, 0.15) is 0 Å². The SMILES string of the molecule is CC(CNC(=O)CN)N1CCN(c2ccccc2)CC1. The van der Waals surface area contributed by atoms with E-state index in [4.69, 9.17) is 5.73 Å². The number of hydrogen-bond acceptors (Lipinski definition) is 4. The van der Waals surface area contributed by atoms with Crippen LogP contribution in [0, 0.1) is 0 Å². The van der Waals surface area contributed by atoms with Gasteiger partial charge >= 0.3 is 0 Å². The second-order valence-corrected chi connectivity index (χ2v) is 5.22. The molecule has 2 rings (SSSR count). The van der Waals surface area contributed by atoms with Crippen molar-refractivity contribution >= 4 is 11.6 Å². The smallest absolute Gasteiger partial charge is 0.233 e. The average molecular weight is 276 g/mol. The zero-order valence-electron chi connectivity index (χ0n) is 12.1. The summed E-state index contributed by atoms with van der Waals surface area (Å²) in [6, 6.07) is 10.9. The Bertz CT molecular complexity index is 415. The molecule has 0 aromatic heterocycles. The fraction of sp³-hybridized carbons (Fsp3) is 0.533. The van der Waals surface area contributed by atoms with Crippen molar-refractivity contribution in [1.82, 2.24) is 10.2 Å². The van der Waals surface area contributed by atoms with E-state index in [1.54, 1.807) is 0 Å². The maximum atomic E-state index is 11.2. The largest absolute Gasteiger partial charge is 0.369 e. The van der Waals surface area contributed by atoms with E-state index in [1.807, 2.05) is 6.07 Å². The molecule has 0 aliphatic carbocycles. The lowest BCUT2D eigenvalue weighted by Gasteiger charge is -2.39. The lowest BCUT2D eigenvalue weighted by molar-refractivity contribution is -0.119. The zero-order chi connectivity index (χ0) is 14.4. The van der Waals surface area contributed by atoms with Crippen LogP contribution in [0.1, 0.15) is 6.92 Å². The highest BCUT2D eigenvalue weighted by Gasteiger charge is 2.21. The minimum atomic E-state index is -0.0835. The summed E-state index contributed by atoms with van der Waals surface area (Å²) in [5, 5.41) is 2.85. The number of carbonyl (C=O) groups excluding carboxylic acids is 1. The fourth-order valence-electron chi connectivity index (χ4n) is 2.52. The molecule has 5 heteroatoms. The summed E-state index contributed by atoms with van der Waals surface area (Å²) in [6.45, 7) is 6.98. The molecule has 0 radical (unpaired) electrons. The van der Waals surface area contributed by atoms with Gasteiger partial charge in [-0.3, -0.25) is 9.69 Å². The molecule has 1 heterocycles. The Balaban J connectivity index is 1.77. The average Bonchev–Trinajstić information content (AvgIpc) is 2.53. The van der Waals surface area contributed by atoms with Gasteiger partial charge in [-0.15, -0.1) is 0 Å². The molecule has 3 N–H and O–H groups in total. The Hall–Kier alpha value is -1.59. The van der Waals surface area contributed by atoms with Gasteiger partial charge in [-0.1, -0.05) is 18.2 Å². The maximum absolute atomic E-state index is 11.2. The predicted molar refractivity (Wildman–Crippen MR) is 81.8 cm³/mol. The molecule has 1 aromatic rings. The van der Waals surface area contributed by atoms with Gasteiger partial charge in [-0.05, 0) is 19.1 Å². The summed E-state index contributed by atoms with van der Waals surface area (Å²) in [7, 11) is 0. The van der Waals surface area contributed by atoms with Crippen molar-refractivity contribution in [3.05, 3.63) is 30.3 Å². The number of amides is 1. The van der Waals surface area contributed by atoms with Crippen LogP contribution in [0.3, 0.4) is 0 Å². The lowest BCUT2D eigenvalue weighted by Crippen LogP contribution is -2.52. The van der Waals surface area contributed by atoms with Gasteiger partial charge in [-0.25, -0.2) is 0 Å². The zero-order valence-corrected chi connectivity index (χ0v) is 12.1. The van der Waals surface area contributed by atoms with E-state index < -0.39 is 0 Å². The van der Waals surface area contributed by atoms with Crippen molar-refractivity contribution in [2.24, 2.45) is 5.73 Å². The van der Waals surface area contributed by atoms with Crippen LogP contribution in [-0.4, -0.2) is 56.1 Å². The summed E-state index contributed by atoms with van der Waals surface area (Å²) in [6.07, 6.45) is 0. The summed E-state index contributed by atoms with van der Waals surface area (Å²) >= 11 is 0. The molecule has 5 nitrogen and oxygen atoms in total. The number of nitrogens with zero attached hydrogens (tertiary/aromatic N) is 2. The molecule has 1 aromatic carbocycles. The van der Waals surface area contributed by atoms with E-state index in [0.29, 0.717) is 12.6 Å². The molecule has 1 aliphatic heterocycles. The monoisotopic (exact) mass is 276 g/mol. The summed E-state index contributed by atoms with van der Waals surface area (Å²) in [4.78, 5) is 16.0. The number of nitrogens with one attached hydrogen (secondary N) is 1. The Morgan fingerprint density at radius 2 is 1.90 bits per heavy atom. The molecule has 1 saturated heterocycles. The van der Waals surface area contributed by atoms with Gasteiger partial charge in [0.05, 0.1) is 6.54 Å². The van der Waals surface area contributed by atoms with E-state index >= 15 is 0 Å². The molecule has 1 atom stereocenters.